The predicted octanol–water partition coefficient (Wildman–Crippen LogP) is 3.63. The molecule has 0 aromatic heterocycles. The quantitative estimate of drug-likeness (QED) is 0.693. The molecular weight excluding hydrogens is 323 g/mol. The molecule has 1 rings (SSSR count). The van der Waals surface area contributed by atoms with Crippen molar-refractivity contribution in [3.8, 4) is 0 Å². The summed E-state index contributed by atoms with van der Waals surface area (Å²) >= 11 is 0. The van der Waals surface area contributed by atoms with E-state index in [1.165, 1.54) is 0 Å². The van der Waals surface area contributed by atoms with Crippen molar-refractivity contribution in [3.05, 3.63) is 35.9 Å². The molecule has 136 valence electrons. The Bertz CT molecular complexity index is 492. The molecule has 0 aliphatic rings. The van der Waals surface area contributed by atoms with Gasteiger partial charge in [-0.05, 0) is 26.3 Å². The molecule has 4 nitrogen and oxygen atoms in total. The summed E-state index contributed by atoms with van der Waals surface area (Å²) in [7, 11) is 0. The number of hydrogen-bond donors (Lipinski definition) is 1. The van der Waals surface area contributed by atoms with Crippen molar-refractivity contribution in [3.63, 3.8) is 0 Å². The number of carbonyl (C=O) groups is 1. The molecule has 0 bridgehead atoms. The van der Waals surface area contributed by atoms with Crippen molar-refractivity contribution in [2.45, 2.75) is 51.6 Å². The Labute approximate surface area is 140 Å². The molecule has 0 amide bonds. The lowest BCUT2D eigenvalue weighted by Crippen LogP contribution is -2.46. The topological polar surface area (TPSA) is 47.6 Å². The summed E-state index contributed by atoms with van der Waals surface area (Å²) in [5.74, 6) is -0.886. The molecule has 7 heteroatoms. The van der Waals surface area contributed by atoms with Gasteiger partial charge in [-0.1, -0.05) is 30.3 Å². The van der Waals surface area contributed by atoms with Gasteiger partial charge in [0.2, 0.25) is 0 Å². The van der Waals surface area contributed by atoms with Crippen molar-refractivity contribution >= 4 is 5.97 Å². The molecule has 1 aromatic carbocycles. The normalized spacial score (nSPS) is 14.5. The number of benzene rings is 1. The van der Waals surface area contributed by atoms with Gasteiger partial charge >= 0.3 is 12.1 Å². The lowest BCUT2D eigenvalue weighted by atomic mass is 10.1. The fourth-order valence-electron chi connectivity index (χ4n) is 2.15. The van der Waals surface area contributed by atoms with Crippen LogP contribution in [0.25, 0.3) is 0 Å². The standard InChI is InChI=1S/C17H24F3NO3/c1-4-23-11-14(13-8-6-5-7-9-13)21-15(17(18,19)20)10-16(22)24-12(2)3/h5-9,12,14-15,21H,4,10-11H2,1-3H3/t14-,15+/m1/s1. The molecule has 0 fully saturated rings. The van der Waals surface area contributed by atoms with Crippen LogP contribution >= 0.6 is 0 Å². The first-order valence-electron chi connectivity index (χ1n) is 7.89. The Morgan fingerprint density at radius 2 is 1.83 bits per heavy atom. The van der Waals surface area contributed by atoms with E-state index in [1.807, 2.05) is 0 Å². The van der Waals surface area contributed by atoms with Crippen molar-refractivity contribution < 1.29 is 27.4 Å². The first-order chi connectivity index (χ1) is 11.2. The van der Waals surface area contributed by atoms with Crippen LogP contribution in [0.15, 0.2) is 30.3 Å². The summed E-state index contributed by atoms with van der Waals surface area (Å²) in [4.78, 5) is 11.6. The minimum atomic E-state index is -4.57. The van der Waals surface area contributed by atoms with Crippen LogP contribution < -0.4 is 5.32 Å². The highest BCUT2D eigenvalue weighted by molar-refractivity contribution is 5.70. The smallest absolute Gasteiger partial charge is 0.404 e. The van der Waals surface area contributed by atoms with Gasteiger partial charge in [-0.3, -0.25) is 10.1 Å². The van der Waals surface area contributed by atoms with Crippen molar-refractivity contribution in [1.82, 2.24) is 5.32 Å². The van der Waals surface area contributed by atoms with Crippen LogP contribution in [0.4, 0.5) is 13.2 Å². The number of alkyl halides is 3. The van der Waals surface area contributed by atoms with E-state index in [0.717, 1.165) is 0 Å². The number of halogens is 3. The fraction of sp³-hybridized carbons (Fsp3) is 0.588. The molecular formula is C17H24F3NO3. The molecule has 1 aromatic rings. The second-order valence-corrected chi connectivity index (χ2v) is 5.63. The van der Waals surface area contributed by atoms with E-state index in [4.69, 9.17) is 9.47 Å². The number of esters is 1. The summed E-state index contributed by atoms with van der Waals surface area (Å²) in [5.41, 5.74) is 0.664. The molecule has 0 saturated heterocycles. The Balaban J connectivity index is 2.88. The van der Waals surface area contributed by atoms with E-state index in [1.54, 1.807) is 51.1 Å². The molecule has 0 spiro atoms. The zero-order valence-electron chi connectivity index (χ0n) is 14.1. The lowest BCUT2D eigenvalue weighted by Gasteiger charge is -2.27. The van der Waals surface area contributed by atoms with E-state index in [-0.39, 0.29) is 6.61 Å². The predicted molar refractivity (Wildman–Crippen MR) is 84.5 cm³/mol. The Kier molecular flexibility index (Phi) is 8.21. The molecule has 0 aliphatic heterocycles. The maximum atomic E-state index is 13.3. The lowest BCUT2D eigenvalue weighted by molar-refractivity contribution is -0.173. The zero-order chi connectivity index (χ0) is 18.2. The second-order valence-electron chi connectivity index (χ2n) is 5.63. The monoisotopic (exact) mass is 347 g/mol. The third-order valence-corrected chi connectivity index (χ3v) is 3.23. The van der Waals surface area contributed by atoms with E-state index in [2.05, 4.69) is 5.32 Å². The third-order valence-electron chi connectivity index (χ3n) is 3.23. The maximum absolute atomic E-state index is 13.3. The highest BCUT2D eigenvalue weighted by Crippen LogP contribution is 2.26. The summed E-state index contributed by atoms with van der Waals surface area (Å²) in [5, 5.41) is 2.50. The van der Waals surface area contributed by atoms with Gasteiger partial charge in [0.05, 0.1) is 25.2 Å². The molecule has 0 aliphatic carbocycles. The van der Waals surface area contributed by atoms with Crippen LogP contribution in [-0.2, 0) is 14.3 Å². The van der Waals surface area contributed by atoms with E-state index in [9.17, 15) is 18.0 Å². The van der Waals surface area contributed by atoms with Gasteiger partial charge < -0.3 is 9.47 Å². The van der Waals surface area contributed by atoms with E-state index < -0.39 is 36.8 Å². The first kappa shape index (κ1) is 20.4. The zero-order valence-corrected chi connectivity index (χ0v) is 14.1. The Hall–Kier alpha value is -1.60. The summed E-state index contributed by atoms with van der Waals surface area (Å²) < 4.78 is 50.0. The number of rotatable bonds is 9. The summed E-state index contributed by atoms with van der Waals surface area (Å²) in [6.07, 6.45) is -5.81. The highest BCUT2D eigenvalue weighted by Gasteiger charge is 2.42. The molecule has 0 heterocycles. The third kappa shape index (κ3) is 7.31. The second kappa shape index (κ2) is 9.64. The average Bonchev–Trinajstić information content (AvgIpc) is 2.49. The van der Waals surface area contributed by atoms with Crippen LogP contribution in [0, 0.1) is 0 Å². The Morgan fingerprint density at radius 1 is 1.21 bits per heavy atom. The number of hydrogen-bond acceptors (Lipinski definition) is 4. The maximum Gasteiger partial charge on any atom is 0.404 e. The van der Waals surface area contributed by atoms with Gasteiger partial charge in [-0.15, -0.1) is 0 Å². The molecule has 0 unspecified atom stereocenters. The largest absolute Gasteiger partial charge is 0.463 e. The molecule has 24 heavy (non-hydrogen) atoms. The van der Waals surface area contributed by atoms with Crippen LogP contribution in [0.3, 0.4) is 0 Å². The van der Waals surface area contributed by atoms with Gasteiger partial charge in [0.25, 0.3) is 0 Å². The van der Waals surface area contributed by atoms with Crippen LogP contribution in [0.1, 0.15) is 38.8 Å². The molecule has 1 N–H and O–H groups in total. The highest BCUT2D eigenvalue weighted by atomic mass is 19.4. The van der Waals surface area contributed by atoms with E-state index >= 15 is 0 Å². The van der Waals surface area contributed by atoms with Crippen molar-refractivity contribution in [1.29, 1.82) is 0 Å². The average molecular weight is 347 g/mol. The van der Waals surface area contributed by atoms with Crippen molar-refractivity contribution in [2.24, 2.45) is 0 Å². The van der Waals surface area contributed by atoms with Crippen molar-refractivity contribution in [2.75, 3.05) is 13.2 Å². The molecule has 0 radical (unpaired) electrons. The van der Waals surface area contributed by atoms with Crippen LogP contribution in [0.5, 0.6) is 0 Å². The van der Waals surface area contributed by atoms with Gasteiger partial charge in [-0.2, -0.15) is 13.2 Å². The number of ether oxygens (including phenoxy) is 2. The minimum absolute atomic E-state index is 0.0757. The van der Waals surface area contributed by atoms with Gasteiger partial charge in [0.15, 0.2) is 0 Å². The van der Waals surface area contributed by atoms with Gasteiger partial charge in [0.1, 0.15) is 6.04 Å². The Morgan fingerprint density at radius 3 is 2.33 bits per heavy atom. The summed E-state index contributed by atoms with van der Waals surface area (Å²) in [6.45, 7) is 5.41. The summed E-state index contributed by atoms with van der Waals surface area (Å²) in [6, 6.07) is 6.02. The first-order valence-corrected chi connectivity index (χ1v) is 7.89. The fourth-order valence-corrected chi connectivity index (χ4v) is 2.15. The van der Waals surface area contributed by atoms with E-state index in [0.29, 0.717) is 12.2 Å². The molecule has 2 atom stereocenters. The SMILES string of the molecule is CCOC[C@@H](N[C@@H](CC(=O)OC(C)C)C(F)(F)F)c1ccccc1. The molecule has 0 saturated carbocycles. The van der Waals surface area contributed by atoms with Crippen LogP contribution in [0.2, 0.25) is 0 Å². The number of carbonyl (C=O) groups excluding carboxylic acids is 1. The number of nitrogens with one attached hydrogen (secondary N) is 1. The van der Waals surface area contributed by atoms with Crippen LogP contribution in [-0.4, -0.2) is 37.5 Å². The minimum Gasteiger partial charge on any atom is -0.463 e. The van der Waals surface area contributed by atoms with Gasteiger partial charge in [-0.25, -0.2) is 0 Å². The van der Waals surface area contributed by atoms with Gasteiger partial charge in [0, 0.05) is 6.61 Å².